The molecule has 0 bridgehead atoms. The molecule has 0 heterocycles. The maximum Gasteiger partial charge on any atom is 0.165 e. The minimum absolute atomic E-state index is 0.191. The quantitative estimate of drug-likeness (QED) is 0.873. The fourth-order valence-electron chi connectivity index (χ4n) is 3.20. The summed E-state index contributed by atoms with van der Waals surface area (Å²) in [5, 5.41) is 3.56. The summed E-state index contributed by atoms with van der Waals surface area (Å²) < 4.78 is 18.5. The molecule has 0 aromatic heterocycles. The third-order valence-electron chi connectivity index (χ3n) is 5.62. The van der Waals surface area contributed by atoms with E-state index in [1.54, 1.807) is 6.07 Å². The molecule has 0 spiro atoms. The fourth-order valence-corrected chi connectivity index (χ4v) is 3.20. The summed E-state index contributed by atoms with van der Waals surface area (Å²) in [6, 6.07) is 5.25. The SMILES string of the molecule is COc1cc(C(C)NCC2C(C)(C)C2(C)C)ccc1F. The first-order valence-corrected chi connectivity index (χ1v) is 7.28. The van der Waals surface area contributed by atoms with Crippen molar-refractivity contribution in [2.45, 2.75) is 40.7 Å². The number of rotatable bonds is 5. The molecule has 20 heavy (non-hydrogen) atoms. The van der Waals surface area contributed by atoms with Crippen LogP contribution in [0.15, 0.2) is 18.2 Å². The van der Waals surface area contributed by atoms with Crippen molar-refractivity contribution in [3.05, 3.63) is 29.6 Å². The van der Waals surface area contributed by atoms with Gasteiger partial charge in [-0.3, -0.25) is 0 Å². The molecule has 1 aromatic carbocycles. The van der Waals surface area contributed by atoms with Gasteiger partial charge >= 0.3 is 0 Å². The van der Waals surface area contributed by atoms with Gasteiger partial charge in [0.2, 0.25) is 0 Å². The standard InChI is InChI=1S/C17H26FNO/c1-11(12-7-8-13(18)14(9-12)20-6)19-10-15-16(2,3)17(15,4)5/h7-9,11,15,19H,10H2,1-6H3. The molecule has 1 unspecified atom stereocenters. The lowest BCUT2D eigenvalue weighted by molar-refractivity contribution is 0.384. The minimum Gasteiger partial charge on any atom is -0.494 e. The lowest BCUT2D eigenvalue weighted by atomic mass is 10.0. The van der Waals surface area contributed by atoms with Crippen LogP contribution in [0.3, 0.4) is 0 Å². The zero-order chi connectivity index (χ0) is 15.1. The Labute approximate surface area is 121 Å². The molecular formula is C17H26FNO. The van der Waals surface area contributed by atoms with Crippen LogP contribution in [0.1, 0.15) is 46.2 Å². The Morgan fingerprint density at radius 2 is 1.85 bits per heavy atom. The molecule has 3 heteroatoms. The normalized spacial score (nSPS) is 21.6. The van der Waals surface area contributed by atoms with Gasteiger partial charge < -0.3 is 10.1 Å². The maximum absolute atomic E-state index is 13.4. The Hall–Kier alpha value is -1.09. The Balaban J connectivity index is 1.98. The summed E-state index contributed by atoms with van der Waals surface area (Å²) >= 11 is 0. The third kappa shape index (κ3) is 2.44. The summed E-state index contributed by atoms with van der Waals surface area (Å²) in [5.41, 5.74) is 1.83. The van der Waals surface area contributed by atoms with Crippen molar-refractivity contribution in [3.8, 4) is 5.75 Å². The molecule has 0 radical (unpaired) electrons. The highest BCUT2D eigenvalue weighted by molar-refractivity contribution is 5.32. The van der Waals surface area contributed by atoms with E-state index < -0.39 is 0 Å². The topological polar surface area (TPSA) is 21.3 Å². The summed E-state index contributed by atoms with van der Waals surface area (Å²) in [6.45, 7) is 12.4. The van der Waals surface area contributed by atoms with Crippen molar-refractivity contribution in [1.29, 1.82) is 0 Å². The van der Waals surface area contributed by atoms with Crippen LogP contribution < -0.4 is 10.1 Å². The highest BCUT2D eigenvalue weighted by Crippen LogP contribution is 2.68. The van der Waals surface area contributed by atoms with E-state index in [1.165, 1.54) is 13.2 Å². The molecule has 1 atom stereocenters. The Morgan fingerprint density at radius 3 is 2.35 bits per heavy atom. The molecule has 1 aliphatic rings. The summed E-state index contributed by atoms with van der Waals surface area (Å²) in [4.78, 5) is 0. The average Bonchev–Trinajstić information content (AvgIpc) is 2.77. The van der Waals surface area contributed by atoms with E-state index in [4.69, 9.17) is 4.74 Å². The van der Waals surface area contributed by atoms with Crippen LogP contribution in [0, 0.1) is 22.6 Å². The van der Waals surface area contributed by atoms with E-state index in [1.807, 2.05) is 6.07 Å². The highest BCUT2D eigenvalue weighted by Gasteiger charge is 2.63. The summed E-state index contributed by atoms with van der Waals surface area (Å²) in [7, 11) is 1.50. The van der Waals surface area contributed by atoms with Crippen LogP contribution in [-0.2, 0) is 0 Å². The number of hydrogen-bond donors (Lipinski definition) is 1. The first-order chi connectivity index (χ1) is 9.21. The number of hydrogen-bond acceptors (Lipinski definition) is 2. The molecule has 1 fully saturated rings. The third-order valence-corrected chi connectivity index (χ3v) is 5.62. The molecule has 2 rings (SSSR count). The zero-order valence-electron chi connectivity index (χ0n) is 13.4. The van der Waals surface area contributed by atoms with Gasteiger partial charge in [0, 0.05) is 6.04 Å². The summed E-state index contributed by atoms with van der Waals surface area (Å²) in [5.74, 6) is 0.677. The van der Waals surface area contributed by atoms with E-state index in [0.29, 0.717) is 22.5 Å². The van der Waals surface area contributed by atoms with Crippen molar-refractivity contribution in [3.63, 3.8) is 0 Å². The van der Waals surface area contributed by atoms with E-state index in [0.717, 1.165) is 12.1 Å². The van der Waals surface area contributed by atoms with E-state index in [-0.39, 0.29) is 11.9 Å². The lowest BCUT2D eigenvalue weighted by Gasteiger charge is -2.16. The lowest BCUT2D eigenvalue weighted by Crippen LogP contribution is -2.23. The van der Waals surface area contributed by atoms with Gasteiger partial charge in [-0.05, 0) is 47.9 Å². The largest absolute Gasteiger partial charge is 0.494 e. The second-order valence-corrected chi connectivity index (χ2v) is 7.02. The Morgan fingerprint density at radius 1 is 1.25 bits per heavy atom. The predicted molar refractivity (Wildman–Crippen MR) is 80.4 cm³/mol. The molecular weight excluding hydrogens is 253 g/mol. The number of ether oxygens (including phenoxy) is 1. The minimum atomic E-state index is -0.312. The molecule has 0 saturated heterocycles. The molecule has 1 aromatic rings. The monoisotopic (exact) mass is 279 g/mol. The van der Waals surface area contributed by atoms with Crippen LogP contribution in [-0.4, -0.2) is 13.7 Å². The van der Waals surface area contributed by atoms with Gasteiger partial charge in [-0.15, -0.1) is 0 Å². The number of halogens is 1. The van der Waals surface area contributed by atoms with Crippen molar-refractivity contribution < 1.29 is 9.13 Å². The number of nitrogens with one attached hydrogen (secondary N) is 1. The van der Waals surface area contributed by atoms with Crippen molar-refractivity contribution >= 4 is 0 Å². The van der Waals surface area contributed by atoms with Crippen LogP contribution in [0.25, 0.3) is 0 Å². The van der Waals surface area contributed by atoms with E-state index in [2.05, 4.69) is 39.9 Å². The predicted octanol–water partition coefficient (Wildman–Crippen LogP) is 4.17. The van der Waals surface area contributed by atoms with Crippen molar-refractivity contribution in [2.75, 3.05) is 13.7 Å². The smallest absolute Gasteiger partial charge is 0.165 e. The average molecular weight is 279 g/mol. The zero-order valence-corrected chi connectivity index (χ0v) is 13.4. The van der Waals surface area contributed by atoms with Crippen LogP contribution in [0.2, 0.25) is 0 Å². The second-order valence-electron chi connectivity index (χ2n) is 7.02. The van der Waals surface area contributed by atoms with Crippen molar-refractivity contribution in [1.82, 2.24) is 5.32 Å². The molecule has 1 N–H and O–H groups in total. The molecule has 0 amide bonds. The van der Waals surface area contributed by atoms with Crippen molar-refractivity contribution in [2.24, 2.45) is 16.7 Å². The molecule has 2 nitrogen and oxygen atoms in total. The van der Waals surface area contributed by atoms with Gasteiger partial charge in [-0.2, -0.15) is 0 Å². The van der Waals surface area contributed by atoms with E-state index in [9.17, 15) is 4.39 Å². The number of methoxy groups -OCH3 is 1. The molecule has 112 valence electrons. The Kier molecular flexibility index (Phi) is 3.85. The van der Waals surface area contributed by atoms with Gasteiger partial charge in [0.1, 0.15) is 0 Å². The summed E-state index contributed by atoms with van der Waals surface area (Å²) in [6.07, 6.45) is 0. The van der Waals surface area contributed by atoms with Gasteiger partial charge in [-0.1, -0.05) is 33.8 Å². The van der Waals surface area contributed by atoms with Crippen LogP contribution in [0.5, 0.6) is 5.75 Å². The fraction of sp³-hybridized carbons (Fsp3) is 0.647. The highest BCUT2D eigenvalue weighted by atomic mass is 19.1. The Bertz CT molecular complexity index is 482. The van der Waals surface area contributed by atoms with Crippen LogP contribution in [0.4, 0.5) is 4.39 Å². The molecule has 1 saturated carbocycles. The second kappa shape index (κ2) is 5.03. The first-order valence-electron chi connectivity index (χ1n) is 7.28. The van der Waals surface area contributed by atoms with Gasteiger partial charge in [0.05, 0.1) is 7.11 Å². The van der Waals surface area contributed by atoms with E-state index >= 15 is 0 Å². The molecule has 1 aliphatic carbocycles. The van der Waals surface area contributed by atoms with Gasteiger partial charge in [0.25, 0.3) is 0 Å². The van der Waals surface area contributed by atoms with Gasteiger partial charge in [0.15, 0.2) is 11.6 Å². The molecule has 0 aliphatic heterocycles. The van der Waals surface area contributed by atoms with Crippen LogP contribution >= 0.6 is 0 Å². The first kappa shape index (κ1) is 15.3. The maximum atomic E-state index is 13.4. The number of benzene rings is 1. The van der Waals surface area contributed by atoms with Gasteiger partial charge in [-0.25, -0.2) is 4.39 Å².